The molecule has 0 saturated heterocycles. The molecule has 0 heterocycles. The maximum Gasteiger partial charge on any atom is 0.335 e. The predicted octanol–water partition coefficient (Wildman–Crippen LogP) is 1.89. The molecule has 3 nitrogen and oxygen atoms in total. The summed E-state index contributed by atoms with van der Waals surface area (Å²) in [7, 11) is 0. The second-order valence-electron chi connectivity index (χ2n) is 3.02. The van der Waals surface area contributed by atoms with Crippen molar-refractivity contribution in [2.24, 2.45) is 5.73 Å². The number of aromatic carboxylic acids is 1. The van der Waals surface area contributed by atoms with Crippen molar-refractivity contribution in [2.75, 3.05) is 6.54 Å². The van der Waals surface area contributed by atoms with Gasteiger partial charge in [0, 0.05) is 5.56 Å². The summed E-state index contributed by atoms with van der Waals surface area (Å²) in [4.78, 5) is 10.5. The summed E-state index contributed by atoms with van der Waals surface area (Å²) in [6.07, 6.45) is 4.01. The van der Waals surface area contributed by atoms with E-state index in [1.807, 2.05) is 0 Å². The zero-order valence-electron chi connectivity index (χ0n) is 8.11. The molecule has 80 valence electrons. The van der Waals surface area contributed by atoms with Gasteiger partial charge < -0.3 is 10.8 Å². The van der Waals surface area contributed by atoms with Gasteiger partial charge in [-0.25, -0.2) is 9.18 Å². The minimum absolute atomic E-state index is 0.0523. The van der Waals surface area contributed by atoms with Gasteiger partial charge in [0.05, 0.1) is 5.56 Å². The summed E-state index contributed by atoms with van der Waals surface area (Å²) >= 11 is 0. The summed E-state index contributed by atoms with van der Waals surface area (Å²) in [6.45, 7) is 0.505. The van der Waals surface area contributed by atoms with Crippen molar-refractivity contribution in [1.29, 1.82) is 0 Å². The lowest BCUT2D eigenvalue weighted by atomic mass is 10.1. The fourth-order valence-electron chi connectivity index (χ4n) is 1.10. The van der Waals surface area contributed by atoms with Gasteiger partial charge in [-0.05, 0) is 25.1 Å². The highest BCUT2D eigenvalue weighted by Gasteiger charge is 2.05. The van der Waals surface area contributed by atoms with Gasteiger partial charge in [0.15, 0.2) is 0 Å². The van der Waals surface area contributed by atoms with Crippen LogP contribution in [0.25, 0.3) is 6.08 Å². The first kappa shape index (κ1) is 11.4. The fourth-order valence-corrected chi connectivity index (χ4v) is 1.10. The number of halogens is 1. The summed E-state index contributed by atoms with van der Waals surface area (Å²) in [5.74, 6) is -1.67. The standard InChI is InChI=1S/C11H12FNO2/c12-10-7-9(11(14)15)5-4-8(10)3-1-2-6-13/h1,3-5,7H,2,6,13H2,(H,14,15). The van der Waals surface area contributed by atoms with Crippen LogP contribution >= 0.6 is 0 Å². The molecule has 0 fully saturated rings. The lowest BCUT2D eigenvalue weighted by molar-refractivity contribution is 0.0696. The van der Waals surface area contributed by atoms with Crippen LogP contribution in [0.5, 0.6) is 0 Å². The van der Waals surface area contributed by atoms with Crippen LogP contribution in [0, 0.1) is 5.82 Å². The quantitative estimate of drug-likeness (QED) is 0.795. The van der Waals surface area contributed by atoms with Crippen molar-refractivity contribution in [3.05, 3.63) is 41.2 Å². The van der Waals surface area contributed by atoms with Gasteiger partial charge in [-0.15, -0.1) is 0 Å². The smallest absolute Gasteiger partial charge is 0.335 e. The van der Waals surface area contributed by atoms with E-state index in [-0.39, 0.29) is 5.56 Å². The van der Waals surface area contributed by atoms with Crippen LogP contribution in [0.1, 0.15) is 22.3 Å². The third-order valence-electron chi connectivity index (χ3n) is 1.88. The van der Waals surface area contributed by atoms with Gasteiger partial charge in [-0.1, -0.05) is 18.2 Å². The Morgan fingerprint density at radius 3 is 2.80 bits per heavy atom. The maximum atomic E-state index is 13.3. The van der Waals surface area contributed by atoms with E-state index in [1.165, 1.54) is 12.1 Å². The maximum absolute atomic E-state index is 13.3. The first-order chi connectivity index (χ1) is 7.15. The van der Waals surface area contributed by atoms with Crippen LogP contribution in [0.4, 0.5) is 4.39 Å². The van der Waals surface area contributed by atoms with Gasteiger partial charge in [0.2, 0.25) is 0 Å². The van der Waals surface area contributed by atoms with Crippen LogP contribution in [-0.4, -0.2) is 17.6 Å². The third-order valence-corrected chi connectivity index (χ3v) is 1.88. The highest BCUT2D eigenvalue weighted by Crippen LogP contribution is 2.12. The average Bonchev–Trinajstić information content (AvgIpc) is 2.20. The topological polar surface area (TPSA) is 63.3 Å². The molecule has 1 aromatic carbocycles. The van der Waals surface area contributed by atoms with E-state index in [4.69, 9.17) is 10.8 Å². The highest BCUT2D eigenvalue weighted by atomic mass is 19.1. The molecule has 1 rings (SSSR count). The number of carboxylic acid groups (broad SMARTS) is 1. The zero-order valence-corrected chi connectivity index (χ0v) is 8.11. The minimum atomic E-state index is -1.13. The Bertz CT molecular complexity index is 388. The molecule has 0 atom stereocenters. The van der Waals surface area contributed by atoms with E-state index < -0.39 is 11.8 Å². The van der Waals surface area contributed by atoms with Crippen molar-refractivity contribution in [1.82, 2.24) is 0 Å². The molecule has 0 amide bonds. The lowest BCUT2D eigenvalue weighted by Gasteiger charge is -1.98. The molecule has 1 aromatic rings. The number of hydrogen-bond donors (Lipinski definition) is 2. The van der Waals surface area contributed by atoms with Crippen molar-refractivity contribution >= 4 is 12.0 Å². The number of hydrogen-bond acceptors (Lipinski definition) is 2. The van der Waals surface area contributed by atoms with E-state index >= 15 is 0 Å². The zero-order chi connectivity index (χ0) is 11.3. The van der Waals surface area contributed by atoms with Gasteiger partial charge in [-0.3, -0.25) is 0 Å². The Morgan fingerprint density at radius 2 is 2.27 bits per heavy atom. The highest BCUT2D eigenvalue weighted by molar-refractivity contribution is 5.87. The second kappa shape index (κ2) is 5.26. The first-order valence-electron chi connectivity index (χ1n) is 4.54. The molecule has 4 heteroatoms. The predicted molar refractivity (Wildman–Crippen MR) is 56.1 cm³/mol. The number of carbonyl (C=O) groups is 1. The monoisotopic (exact) mass is 209 g/mol. The first-order valence-corrected chi connectivity index (χ1v) is 4.54. The lowest BCUT2D eigenvalue weighted by Crippen LogP contribution is -1.98. The number of nitrogens with two attached hydrogens (primary N) is 1. The van der Waals surface area contributed by atoms with Crippen molar-refractivity contribution < 1.29 is 14.3 Å². The van der Waals surface area contributed by atoms with Crippen LogP contribution in [0.3, 0.4) is 0 Å². The number of rotatable bonds is 4. The Morgan fingerprint density at radius 1 is 1.53 bits per heavy atom. The van der Waals surface area contributed by atoms with Crippen LogP contribution < -0.4 is 5.73 Å². The van der Waals surface area contributed by atoms with Crippen molar-refractivity contribution in [2.45, 2.75) is 6.42 Å². The Hall–Kier alpha value is -1.68. The largest absolute Gasteiger partial charge is 0.478 e. The molecule has 3 N–H and O–H groups in total. The third kappa shape index (κ3) is 3.18. The summed E-state index contributed by atoms with van der Waals surface area (Å²) in [6, 6.07) is 3.81. The van der Waals surface area contributed by atoms with Gasteiger partial charge in [0.25, 0.3) is 0 Å². The second-order valence-corrected chi connectivity index (χ2v) is 3.02. The molecule has 0 bridgehead atoms. The van der Waals surface area contributed by atoms with Crippen LogP contribution in [-0.2, 0) is 0 Å². The normalized spacial score (nSPS) is 10.8. The van der Waals surface area contributed by atoms with Crippen molar-refractivity contribution in [3.8, 4) is 0 Å². The molecular formula is C11H12FNO2. The van der Waals surface area contributed by atoms with E-state index in [2.05, 4.69) is 0 Å². The Balaban J connectivity index is 2.88. The van der Waals surface area contributed by atoms with E-state index in [0.717, 1.165) is 6.07 Å². The van der Waals surface area contributed by atoms with Gasteiger partial charge in [-0.2, -0.15) is 0 Å². The Labute approximate surface area is 87.0 Å². The van der Waals surface area contributed by atoms with Crippen molar-refractivity contribution in [3.63, 3.8) is 0 Å². The average molecular weight is 209 g/mol. The summed E-state index contributed by atoms with van der Waals surface area (Å²) < 4.78 is 13.3. The van der Waals surface area contributed by atoms with Crippen LogP contribution in [0.2, 0.25) is 0 Å². The molecular weight excluding hydrogens is 197 g/mol. The SMILES string of the molecule is NCCC=Cc1ccc(C(=O)O)cc1F. The molecule has 0 saturated carbocycles. The van der Waals surface area contributed by atoms with E-state index in [1.54, 1.807) is 12.2 Å². The fraction of sp³-hybridized carbons (Fsp3) is 0.182. The molecule has 0 aromatic heterocycles. The molecule has 0 aliphatic carbocycles. The summed E-state index contributed by atoms with van der Waals surface area (Å²) in [5, 5.41) is 8.61. The molecule has 0 aliphatic heterocycles. The minimum Gasteiger partial charge on any atom is -0.478 e. The van der Waals surface area contributed by atoms with Crippen LogP contribution in [0.15, 0.2) is 24.3 Å². The number of carboxylic acids is 1. The molecule has 0 aliphatic rings. The molecule has 0 unspecified atom stereocenters. The Kier molecular flexibility index (Phi) is 4.00. The van der Waals surface area contributed by atoms with E-state index in [0.29, 0.717) is 18.5 Å². The van der Waals surface area contributed by atoms with Gasteiger partial charge >= 0.3 is 5.97 Å². The van der Waals surface area contributed by atoms with Gasteiger partial charge in [0.1, 0.15) is 5.82 Å². The number of benzene rings is 1. The summed E-state index contributed by atoms with van der Waals surface area (Å²) in [5.41, 5.74) is 5.59. The molecule has 0 spiro atoms. The van der Waals surface area contributed by atoms with E-state index in [9.17, 15) is 9.18 Å². The molecule has 0 radical (unpaired) electrons. The molecule has 15 heavy (non-hydrogen) atoms.